The summed E-state index contributed by atoms with van der Waals surface area (Å²) in [5.74, 6) is -2.08. The van der Waals surface area contributed by atoms with Gasteiger partial charge in [-0.05, 0) is 43.3 Å². The van der Waals surface area contributed by atoms with Crippen LogP contribution in [0.2, 0.25) is 5.02 Å². The van der Waals surface area contributed by atoms with Gasteiger partial charge < -0.3 is 10.6 Å². The van der Waals surface area contributed by atoms with E-state index >= 15 is 0 Å². The van der Waals surface area contributed by atoms with Gasteiger partial charge >= 0.3 is 11.8 Å². The lowest BCUT2D eigenvalue weighted by Crippen LogP contribution is -2.33. The number of halogens is 1. The van der Waals surface area contributed by atoms with Gasteiger partial charge in [0.05, 0.1) is 6.42 Å². The van der Waals surface area contributed by atoms with Gasteiger partial charge in [-0.3, -0.25) is 14.4 Å². The van der Waals surface area contributed by atoms with Crippen LogP contribution < -0.4 is 16.1 Å². The minimum Gasteiger partial charge on any atom is -0.326 e. The molecule has 0 aliphatic carbocycles. The first-order valence-electron chi connectivity index (χ1n) is 7.69. The molecule has 2 aromatic rings. The highest BCUT2D eigenvalue weighted by molar-refractivity contribution is 6.39. The second kappa shape index (κ2) is 9.33. The highest BCUT2D eigenvalue weighted by Crippen LogP contribution is 2.13. The molecular formula is C18H17ClN4O3. The van der Waals surface area contributed by atoms with Crippen LogP contribution in [0.1, 0.15) is 13.3 Å². The number of carbonyl (C=O) groups is 3. The summed E-state index contributed by atoms with van der Waals surface area (Å²) in [4.78, 5) is 35.4. The van der Waals surface area contributed by atoms with Gasteiger partial charge in [-0.15, -0.1) is 0 Å². The van der Waals surface area contributed by atoms with Crippen molar-refractivity contribution in [3.63, 3.8) is 0 Å². The second-order valence-electron chi connectivity index (χ2n) is 5.34. The monoisotopic (exact) mass is 372 g/mol. The van der Waals surface area contributed by atoms with Crippen LogP contribution in [0.4, 0.5) is 11.4 Å². The summed E-state index contributed by atoms with van der Waals surface area (Å²) in [7, 11) is 0. The Morgan fingerprint density at radius 1 is 0.885 bits per heavy atom. The molecule has 0 aromatic heterocycles. The van der Waals surface area contributed by atoms with E-state index in [1.165, 1.54) is 0 Å². The van der Waals surface area contributed by atoms with E-state index < -0.39 is 11.8 Å². The number of nitrogens with zero attached hydrogens (tertiary/aromatic N) is 1. The lowest BCUT2D eigenvalue weighted by Gasteiger charge is -2.06. The van der Waals surface area contributed by atoms with Crippen molar-refractivity contribution in [1.29, 1.82) is 0 Å². The van der Waals surface area contributed by atoms with E-state index in [9.17, 15) is 14.4 Å². The van der Waals surface area contributed by atoms with Crippen LogP contribution >= 0.6 is 11.6 Å². The number of rotatable bonds is 5. The van der Waals surface area contributed by atoms with Gasteiger partial charge in [0.25, 0.3) is 0 Å². The summed E-state index contributed by atoms with van der Waals surface area (Å²) in [6.45, 7) is 1.57. The third-order valence-electron chi connectivity index (χ3n) is 3.13. The summed E-state index contributed by atoms with van der Waals surface area (Å²) >= 11 is 5.78. The number of hydrogen-bond acceptors (Lipinski definition) is 4. The Morgan fingerprint density at radius 2 is 1.50 bits per heavy atom. The van der Waals surface area contributed by atoms with Gasteiger partial charge in [-0.25, -0.2) is 5.43 Å². The molecule has 134 valence electrons. The average molecular weight is 373 g/mol. The highest BCUT2D eigenvalue weighted by atomic mass is 35.5. The minimum absolute atomic E-state index is 0.0385. The minimum atomic E-state index is -0.925. The molecule has 0 radical (unpaired) electrons. The average Bonchev–Trinajstić information content (AvgIpc) is 2.62. The number of amides is 3. The van der Waals surface area contributed by atoms with Crippen LogP contribution in [0.3, 0.4) is 0 Å². The Balaban J connectivity index is 1.81. The highest BCUT2D eigenvalue weighted by Gasteiger charge is 2.13. The smallest absolute Gasteiger partial charge is 0.326 e. The number of para-hydroxylation sites is 1. The van der Waals surface area contributed by atoms with E-state index in [0.29, 0.717) is 22.1 Å². The normalized spacial score (nSPS) is 10.8. The molecule has 7 nitrogen and oxygen atoms in total. The quantitative estimate of drug-likeness (QED) is 0.427. The zero-order valence-electron chi connectivity index (χ0n) is 14.0. The molecule has 2 aromatic carbocycles. The Bertz CT molecular complexity index is 820. The summed E-state index contributed by atoms with van der Waals surface area (Å²) in [6, 6.07) is 15.2. The lowest BCUT2D eigenvalue weighted by molar-refractivity contribution is -0.136. The van der Waals surface area contributed by atoms with Gasteiger partial charge in [0.2, 0.25) is 5.91 Å². The first kappa shape index (κ1) is 19.1. The molecule has 0 fully saturated rings. The van der Waals surface area contributed by atoms with Crippen molar-refractivity contribution in [3.05, 3.63) is 59.6 Å². The number of carbonyl (C=O) groups excluding carboxylic acids is 3. The predicted octanol–water partition coefficient (Wildman–Crippen LogP) is 2.80. The second-order valence-corrected chi connectivity index (χ2v) is 5.78. The maximum Gasteiger partial charge on any atom is 0.329 e. The first-order valence-corrected chi connectivity index (χ1v) is 8.07. The van der Waals surface area contributed by atoms with E-state index in [4.69, 9.17) is 11.6 Å². The zero-order valence-corrected chi connectivity index (χ0v) is 14.7. The largest absolute Gasteiger partial charge is 0.329 e. The number of nitrogens with one attached hydrogen (secondary N) is 3. The Morgan fingerprint density at radius 3 is 2.15 bits per heavy atom. The van der Waals surface area contributed by atoms with Crippen molar-refractivity contribution in [3.8, 4) is 0 Å². The third kappa shape index (κ3) is 6.37. The van der Waals surface area contributed by atoms with Crippen molar-refractivity contribution >= 4 is 46.4 Å². The molecule has 0 spiro atoms. The van der Waals surface area contributed by atoms with E-state index in [1.807, 2.05) is 0 Å². The standard InChI is InChI=1S/C18H17ClN4O3/c1-12(11-16(24)20-15-9-7-13(19)8-10-15)22-23-18(26)17(25)21-14-5-3-2-4-6-14/h2-10H,11H2,1H3,(H,20,24)(H,21,25)(H,23,26)/b22-12-. The fraction of sp³-hybridized carbons (Fsp3) is 0.111. The van der Waals surface area contributed by atoms with Gasteiger partial charge in [0, 0.05) is 22.1 Å². The molecule has 3 amide bonds. The predicted molar refractivity (Wildman–Crippen MR) is 101 cm³/mol. The van der Waals surface area contributed by atoms with Crippen molar-refractivity contribution < 1.29 is 14.4 Å². The van der Waals surface area contributed by atoms with Crippen molar-refractivity contribution in [2.24, 2.45) is 5.10 Å². The van der Waals surface area contributed by atoms with Gasteiger partial charge in [-0.2, -0.15) is 5.10 Å². The fourth-order valence-electron chi connectivity index (χ4n) is 1.92. The maximum atomic E-state index is 11.9. The molecule has 2 rings (SSSR count). The van der Waals surface area contributed by atoms with E-state index in [2.05, 4.69) is 21.2 Å². The van der Waals surface area contributed by atoms with Crippen molar-refractivity contribution in [1.82, 2.24) is 5.43 Å². The summed E-state index contributed by atoms with van der Waals surface area (Å²) < 4.78 is 0. The topological polar surface area (TPSA) is 99.7 Å². The summed E-state index contributed by atoms with van der Waals surface area (Å²) in [6.07, 6.45) is -0.0385. The molecule has 0 heterocycles. The molecule has 0 unspecified atom stereocenters. The number of hydrazone groups is 1. The Kier molecular flexibility index (Phi) is 6.87. The number of hydrogen-bond donors (Lipinski definition) is 3. The molecule has 0 bridgehead atoms. The van der Waals surface area contributed by atoms with E-state index in [-0.39, 0.29) is 12.3 Å². The summed E-state index contributed by atoms with van der Waals surface area (Å²) in [5, 5.41) is 9.43. The van der Waals surface area contributed by atoms with E-state index in [1.54, 1.807) is 61.5 Å². The molecular weight excluding hydrogens is 356 g/mol. The molecule has 8 heteroatoms. The summed E-state index contributed by atoms with van der Waals surface area (Å²) in [5.41, 5.74) is 3.56. The van der Waals surface area contributed by atoms with Crippen molar-refractivity contribution in [2.75, 3.05) is 10.6 Å². The molecule has 0 saturated carbocycles. The zero-order chi connectivity index (χ0) is 18.9. The van der Waals surface area contributed by atoms with Crippen LogP contribution in [0.25, 0.3) is 0 Å². The van der Waals surface area contributed by atoms with Gasteiger partial charge in [0.1, 0.15) is 0 Å². The van der Waals surface area contributed by atoms with Crippen LogP contribution in [-0.4, -0.2) is 23.4 Å². The number of anilines is 2. The van der Waals surface area contributed by atoms with Crippen LogP contribution in [-0.2, 0) is 14.4 Å². The third-order valence-corrected chi connectivity index (χ3v) is 3.38. The molecule has 0 aliphatic rings. The van der Waals surface area contributed by atoms with Gasteiger partial charge in [-0.1, -0.05) is 29.8 Å². The fourth-order valence-corrected chi connectivity index (χ4v) is 2.04. The van der Waals surface area contributed by atoms with E-state index in [0.717, 1.165) is 0 Å². The molecule has 3 N–H and O–H groups in total. The molecule has 0 atom stereocenters. The number of benzene rings is 2. The molecule has 26 heavy (non-hydrogen) atoms. The Labute approximate surface area is 155 Å². The van der Waals surface area contributed by atoms with Gasteiger partial charge in [0.15, 0.2) is 0 Å². The molecule has 0 saturated heterocycles. The maximum absolute atomic E-state index is 11.9. The van der Waals surface area contributed by atoms with Crippen LogP contribution in [0, 0.1) is 0 Å². The Hall–Kier alpha value is -3.19. The lowest BCUT2D eigenvalue weighted by atomic mass is 10.2. The first-order chi connectivity index (χ1) is 12.4. The van der Waals surface area contributed by atoms with Crippen LogP contribution in [0.5, 0.6) is 0 Å². The molecule has 0 aliphatic heterocycles. The SMILES string of the molecule is C/C(CC(=O)Nc1ccc(Cl)cc1)=N/NC(=O)C(=O)Nc1ccccc1. The van der Waals surface area contributed by atoms with Crippen LogP contribution in [0.15, 0.2) is 59.7 Å². The van der Waals surface area contributed by atoms with Crippen molar-refractivity contribution in [2.45, 2.75) is 13.3 Å².